The minimum Gasteiger partial charge on any atom is -0.340 e. The van der Waals surface area contributed by atoms with Gasteiger partial charge >= 0.3 is 0 Å². The molecule has 0 fully saturated rings. The van der Waals surface area contributed by atoms with Gasteiger partial charge in [-0.1, -0.05) is 86.0 Å². The summed E-state index contributed by atoms with van der Waals surface area (Å²) in [5.74, 6) is 0.363. The van der Waals surface area contributed by atoms with Crippen LogP contribution in [0.4, 0.5) is 0 Å². The lowest BCUT2D eigenvalue weighted by molar-refractivity contribution is -0.131. The SMILES string of the molecule is CCCCCCCCCCCC(=O)N(CCN(CC)CC)CCN(CC)CC. The Kier molecular flexibility index (Phi) is 19.3. The Balaban J connectivity index is 4.19. The molecule has 0 aliphatic rings. The van der Waals surface area contributed by atoms with Gasteiger partial charge in [0, 0.05) is 32.6 Å². The van der Waals surface area contributed by atoms with E-state index in [2.05, 4.69) is 49.3 Å². The van der Waals surface area contributed by atoms with E-state index in [0.717, 1.165) is 65.2 Å². The second kappa shape index (κ2) is 19.7. The van der Waals surface area contributed by atoms with Crippen molar-refractivity contribution in [2.75, 3.05) is 52.4 Å². The minimum atomic E-state index is 0.363. The maximum absolute atomic E-state index is 12.8. The lowest BCUT2D eigenvalue weighted by Gasteiger charge is -2.29. The van der Waals surface area contributed by atoms with Gasteiger partial charge in [0.05, 0.1) is 0 Å². The van der Waals surface area contributed by atoms with Crippen LogP contribution in [0.3, 0.4) is 0 Å². The highest BCUT2D eigenvalue weighted by atomic mass is 16.2. The van der Waals surface area contributed by atoms with Gasteiger partial charge in [-0.2, -0.15) is 0 Å². The molecule has 0 heterocycles. The number of unbranched alkanes of at least 4 members (excludes halogenated alkanes) is 8. The van der Waals surface area contributed by atoms with Gasteiger partial charge in [-0.15, -0.1) is 0 Å². The van der Waals surface area contributed by atoms with Crippen molar-refractivity contribution in [2.45, 2.75) is 98.8 Å². The molecule has 0 radical (unpaired) electrons. The van der Waals surface area contributed by atoms with Crippen LogP contribution in [0.2, 0.25) is 0 Å². The highest BCUT2D eigenvalue weighted by molar-refractivity contribution is 5.76. The summed E-state index contributed by atoms with van der Waals surface area (Å²) < 4.78 is 0. The fraction of sp³-hybridized carbons (Fsp3) is 0.958. The van der Waals surface area contributed by atoms with Crippen molar-refractivity contribution in [1.29, 1.82) is 0 Å². The van der Waals surface area contributed by atoms with Crippen molar-refractivity contribution >= 4 is 5.91 Å². The molecule has 0 aromatic heterocycles. The van der Waals surface area contributed by atoms with Crippen molar-refractivity contribution in [3.8, 4) is 0 Å². The number of carbonyl (C=O) groups excluding carboxylic acids is 1. The van der Waals surface area contributed by atoms with E-state index in [0.29, 0.717) is 5.91 Å². The van der Waals surface area contributed by atoms with Crippen LogP contribution >= 0.6 is 0 Å². The van der Waals surface area contributed by atoms with E-state index >= 15 is 0 Å². The Morgan fingerprint density at radius 1 is 0.536 bits per heavy atom. The van der Waals surface area contributed by atoms with E-state index in [1.165, 1.54) is 51.4 Å². The smallest absolute Gasteiger partial charge is 0.222 e. The highest BCUT2D eigenvalue weighted by Crippen LogP contribution is 2.11. The van der Waals surface area contributed by atoms with Gasteiger partial charge in [0.25, 0.3) is 0 Å². The van der Waals surface area contributed by atoms with Crippen molar-refractivity contribution in [1.82, 2.24) is 14.7 Å². The van der Waals surface area contributed by atoms with Crippen LogP contribution in [0.1, 0.15) is 98.8 Å². The van der Waals surface area contributed by atoms with E-state index in [1.807, 2.05) is 0 Å². The third-order valence-electron chi connectivity index (χ3n) is 6.01. The normalized spacial score (nSPS) is 11.5. The van der Waals surface area contributed by atoms with Crippen molar-refractivity contribution in [3.63, 3.8) is 0 Å². The summed E-state index contributed by atoms with van der Waals surface area (Å²) in [6, 6.07) is 0. The Labute approximate surface area is 177 Å². The number of likely N-dealkylation sites (N-methyl/N-ethyl adjacent to an activating group) is 2. The average molecular weight is 398 g/mol. The molecule has 0 aromatic carbocycles. The standard InChI is InChI=1S/C24H51N3O/c1-6-11-12-13-14-15-16-17-18-19-24(28)27(22-20-25(7-2)8-3)23-21-26(9-4)10-5/h6-23H2,1-5H3. The Morgan fingerprint density at radius 2 is 0.929 bits per heavy atom. The third kappa shape index (κ3) is 14.4. The highest BCUT2D eigenvalue weighted by Gasteiger charge is 2.15. The summed E-state index contributed by atoms with van der Waals surface area (Å²) in [5.41, 5.74) is 0. The molecular weight excluding hydrogens is 346 g/mol. The minimum absolute atomic E-state index is 0.363. The first-order valence-corrected chi connectivity index (χ1v) is 12.3. The summed E-state index contributed by atoms with van der Waals surface area (Å²) in [7, 11) is 0. The molecule has 0 saturated heterocycles. The molecule has 0 rings (SSSR count). The van der Waals surface area contributed by atoms with Gasteiger partial charge in [-0.3, -0.25) is 4.79 Å². The maximum atomic E-state index is 12.8. The Bertz CT molecular complexity index is 325. The van der Waals surface area contributed by atoms with Crippen LogP contribution in [-0.4, -0.2) is 73.0 Å². The molecule has 1 amide bonds. The van der Waals surface area contributed by atoms with Crippen LogP contribution in [0, 0.1) is 0 Å². The molecule has 4 heteroatoms. The second-order valence-electron chi connectivity index (χ2n) is 8.01. The van der Waals surface area contributed by atoms with Crippen LogP contribution in [0.5, 0.6) is 0 Å². The zero-order valence-electron chi connectivity index (χ0n) is 20.0. The van der Waals surface area contributed by atoms with E-state index in [9.17, 15) is 4.79 Å². The predicted octanol–water partition coefficient (Wildman–Crippen LogP) is 5.42. The number of hydrogen-bond acceptors (Lipinski definition) is 3. The van der Waals surface area contributed by atoms with Gasteiger partial charge in [0.1, 0.15) is 0 Å². The number of nitrogens with zero attached hydrogens (tertiary/aromatic N) is 3. The molecule has 0 saturated carbocycles. The fourth-order valence-corrected chi connectivity index (χ4v) is 3.71. The lowest BCUT2D eigenvalue weighted by atomic mass is 10.1. The number of hydrogen-bond donors (Lipinski definition) is 0. The molecule has 0 aromatic rings. The van der Waals surface area contributed by atoms with E-state index in [4.69, 9.17) is 0 Å². The lowest BCUT2D eigenvalue weighted by Crippen LogP contribution is -2.42. The quantitative estimate of drug-likeness (QED) is 0.257. The largest absolute Gasteiger partial charge is 0.340 e. The van der Waals surface area contributed by atoms with Crippen LogP contribution in [0.25, 0.3) is 0 Å². The summed E-state index contributed by atoms with van der Waals surface area (Å²) in [6.07, 6.45) is 12.5. The van der Waals surface area contributed by atoms with E-state index in [1.54, 1.807) is 0 Å². The first-order chi connectivity index (χ1) is 13.6. The Morgan fingerprint density at radius 3 is 1.32 bits per heavy atom. The molecule has 0 N–H and O–H groups in total. The average Bonchev–Trinajstić information content (AvgIpc) is 2.72. The van der Waals surface area contributed by atoms with Crippen molar-refractivity contribution < 1.29 is 4.79 Å². The number of amides is 1. The number of carbonyl (C=O) groups is 1. The van der Waals surface area contributed by atoms with Gasteiger partial charge < -0.3 is 14.7 Å². The monoisotopic (exact) mass is 397 g/mol. The van der Waals surface area contributed by atoms with Crippen LogP contribution in [-0.2, 0) is 4.79 Å². The Hall–Kier alpha value is -0.610. The topological polar surface area (TPSA) is 26.8 Å². The summed E-state index contributed by atoms with van der Waals surface area (Å²) in [6.45, 7) is 19.1. The third-order valence-corrected chi connectivity index (χ3v) is 6.01. The number of rotatable bonds is 20. The predicted molar refractivity (Wildman–Crippen MR) is 124 cm³/mol. The van der Waals surface area contributed by atoms with Gasteiger partial charge in [0.15, 0.2) is 0 Å². The van der Waals surface area contributed by atoms with E-state index in [-0.39, 0.29) is 0 Å². The maximum Gasteiger partial charge on any atom is 0.222 e. The molecular formula is C24H51N3O. The summed E-state index contributed by atoms with van der Waals surface area (Å²) in [5, 5.41) is 0. The van der Waals surface area contributed by atoms with E-state index < -0.39 is 0 Å². The fourth-order valence-electron chi connectivity index (χ4n) is 3.71. The molecule has 0 spiro atoms. The zero-order chi connectivity index (χ0) is 21.0. The molecule has 0 unspecified atom stereocenters. The zero-order valence-corrected chi connectivity index (χ0v) is 20.0. The molecule has 0 bridgehead atoms. The molecule has 0 atom stereocenters. The molecule has 28 heavy (non-hydrogen) atoms. The van der Waals surface area contributed by atoms with Gasteiger partial charge in [-0.25, -0.2) is 0 Å². The van der Waals surface area contributed by atoms with Crippen LogP contribution < -0.4 is 0 Å². The van der Waals surface area contributed by atoms with Gasteiger partial charge in [0.2, 0.25) is 5.91 Å². The first-order valence-electron chi connectivity index (χ1n) is 12.3. The first kappa shape index (κ1) is 27.4. The molecule has 0 aliphatic heterocycles. The summed E-state index contributed by atoms with van der Waals surface area (Å²) >= 11 is 0. The van der Waals surface area contributed by atoms with Crippen molar-refractivity contribution in [3.05, 3.63) is 0 Å². The second-order valence-corrected chi connectivity index (χ2v) is 8.01. The molecule has 168 valence electrons. The van der Waals surface area contributed by atoms with Gasteiger partial charge in [-0.05, 0) is 32.6 Å². The van der Waals surface area contributed by atoms with Crippen molar-refractivity contribution in [2.24, 2.45) is 0 Å². The van der Waals surface area contributed by atoms with Crippen LogP contribution in [0.15, 0.2) is 0 Å². The molecule has 0 aliphatic carbocycles. The summed E-state index contributed by atoms with van der Waals surface area (Å²) in [4.78, 5) is 19.8. The molecule has 4 nitrogen and oxygen atoms in total.